The maximum Gasteiger partial charge on any atom is 0.0502 e. The smallest absolute Gasteiger partial charge is 0.0502 e. The van der Waals surface area contributed by atoms with Crippen LogP contribution in [0.5, 0.6) is 0 Å². The highest BCUT2D eigenvalue weighted by Gasteiger charge is 2.31. The maximum absolute atomic E-state index is 3.34. The van der Waals surface area contributed by atoms with E-state index in [-0.39, 0.29) is 0 Å². The van der Waals surface area contributed by atoms with Crippen LogP contribution in [0.4, 0.5) is 0 Å². The van der Waals surface area contributed by atoms with E-state index in [0.29, 0.717) is 12.0 Å². The van der Waals surface area contributed by atoms with Gasteiger partial charge in [-0.05, 0) is 80.7 Å². The Morgan fingerprint density at radius 1 is 1.04 bits per heavy atom. The SMILES string of the molecule is CC1CCCCN(C2=CC(C3C=CNCC3)=CCC2)C2CCCC=C12. The van der Waals surface area contributed by atoms with Gasteiger partial charge in [-0.3, -0.25) is 0 Å². The molecular formula is C23H34N2. The number of nitrogens with zero attached hydrogens (tertiary/aromatic N) is 1. The van der Waals surface area contributed by atoms with Gasteiger partial charge < -0.3 is 10.2 Å². The summed E-state index contributed by atoms with van der Waals surface area (Å²) in [6, 6.07) is 0.679. The molecule has 0 bridgehead atoms. The Kier molecular flexibility index (Phi) is 5.33. The van der Waals surface area contributed by atoms with Gasteiger partial charge in [-0.1, -0.05) is 31.6 Å². The molecule has 1 saturated heterocycles. The molecule has 4 aliphatic rings. The van der Waals surface area contributed by atoms with Gasteiger partial charge in [0.25, 0.3) is 0 Å². The van der Waals surface area contributed by atoms with Gasteiger partial charge in [-0.25, -0.2) is 0 Å². The Labute approximate surface area is 153 Å². The summed E-state index contributed by atoms with van der Waals surface area (Å²) in [5.74, 6) is 1.39. The Bertz CT molecular complexity index is 595. The summed E-state index contributed by atoms with van der Waals surface area (Å²) in [5, 5.41) is 3.34. The second-order valence-corrected chi connectivity index (χ2v) is 8.33. The van der Waals surface area contributed by atoms with Gasteiger partial charge >= 0.3 is 0 Å². The van der Waals surface area contributed by atoms with Crippen LogP contribution < -0.4 is 5.32 Å². The van der Waals surface area contributed by atoms with E-state index < -0.39 is 0 Å². The highest BCUT2D eigenvalue weighted by Crippen LogP contribution is 2.38. The predicted octanol–water partition coefficient (Wildman–Crippen LogP) is 5.31. The van der Waals surface area contributed by atoms with Crippen molar-refractivity contribution in [3.8, 4) is 0 Å². The van der Waals surface area contributed by atoms with E-state index in [1.807, 2.05) is 0 Å². The lowest BCUT2D eigenvalue weighted by molar-refractivity contribution is 0.216. The Morgan fingerprint density at radius 3 is 2.88 bits per heavy atom. The number of likely N-dealkylation sites (tertiary alicyclic amines) is 1. The zero-order chi connectivity index (χ0) is 17.1. The van der Waals surface area contributed by atoms with Crippen molar-refractivity contribution < 1.29 is 0 Å². The molecule has 1 fully saturated rings. The maximum atomic E-state index is 3.34. The zero-order valence-corrected chi connectivity index (χ0v) is 15.8. The van der Waals surface area contributed by atoms with Crippen molar-refractivity contribution in [3.05, 3.63) is 47.3 Å². The molecule has 4 rings (SSSR count). The third-order valence-corrected chi connectivity index (χ3v) is 6.63. The fourth-order valence-electron chi connectivity index (χ4n) is 5.22. The van der Waals surface area contributed by atoms with Crippen molar-refractivity contribution in [2.24, 2.45) is 11.8 Å². The van der Waals surface area contributed by atoms with Crippen LogP contribution >= 0.6 is 0 Å². The van der Waals surface area contributed by atoms with E-state index in [0.717, 1.165) is 12.5 Å². The molecule has 25 heavy (non-hydrogen) atoms. The summed E-state index contributed by atoms with van der Waals surface area (Å²) in [6.45, 7) is 4.84. The monoisotopic (exact) mass is 338 g/mol. The molecule has 0 radical (unpaired) electrons. The van der Waals surface area contributed by atoms with Gasteiger partial charge in [0.05, 0.1) is 6.04 Å². The molecule has 2 aliphatic heterocycles. The average Bonchev–Trinajstić information content (AvgIpc) is 2.67. The van der Waals surface area contributed by atoms with Gasteiger partial charge in [-0.15, -0.1) is 0 Å². The van der Waals surface area contributed by atoms with Crippen molar-refractivity contribution >= 4 is 0 Å². The van der Waals surface area contributed by atoms with Crippen LogP contribution in [-0.2, 0) is 0 Å². The van der Waals surface area contributed by atoms with Crippen LogP contribution in [0.3, 0.4) is 0 Å². The molecule has 0 aromatic heterocycles. The summed E-state index contributed by atoms with van der Waals surface area (Å²) >= 11 is 0. The van der Waals surface area contributed by atoms with Crippen LogP contribution in [0.15, 0.2) is 47.3 Å². The highest BCUT2D eigenvalue weighted by molar-refractivity contribution is 5.34. The Balaban J connectivity index is 1.59. The molecule has 0 spiro atoms. The number of rotatable bonds is 2. The molecule has 0 aromatic carbocycles. The predicted molar refractivity (Wildman–Crippen MR) is 106 cm³/mol. The lowest BCUT2D eigenvalue weighted by Gasteiger charge is -2.43. The van der Waals surface area contributed by atoms with E-state index in [4.69, 9.17) is 0 Å². The average molecular weight is 339 g/mol. The van der Waals surface area contributed by atoms with Crippen LogP contribution in [-0.4, -0.2) is 24.0 Å². The molecule has 0 aromatic rings. The number of nitrogens with one attached hydrogen (secondary N) is 1. The van der Waals surface area contributed by atoms with Crippen molar-refractivity contribution in [1.82, 2.24) is 10.2 Å². The van der Waals surface area contributed by atoms with Crippen LogP contribution in [0.2, 0.25) is 0 Å². The number of allylic oxidation sites excluding steroid dienone is 6. The van der Waals surface area contributed by atoms with E-state index >= 15 is 0 Å². The number of hydrogen-bond acceptors (Lipinski definition) is 2. The minimum atomic E-state index is 0.617. The molecule has 3 atom stereocenters. The van der Waals surface area contributed by atoms with E-state index in [1.54, 1.807) is 16.8 Å². The number of hydrogen-bond donors (Lipinski definition) is 1. The van der Waals surface area contributed by atoms with Crippen molar-refractivity contribution in [1.29, 1.82) is 0 Å². The van der Waals surface area contributed by atoms with Gasteiger partial charge in [0.1, 0.15) is 0 Å². The Hall–Kier alpha value is -1.44. The molecular weight excluding hydrogens is 304 g/mol. The highest BCUT2D eigenvalue weighted by atomic mass is 15.2. The summed E-state index contributed by atoms with van der Waals surface area (Å²) < 4.78 is 0. The van der Waals surface area contributed by atoms with Crippen molar-refractivity contribution in [2.45, 2.75) is 70.8 Å². The lowest BCUT2D eigenvalue weighted by atomic mass is 9.80. The molecule has 3 unspecified atom stereocenters. The normalized spacial score (nSPS) is 33.2. The zero-order valence-electron chi connectivity index (χ0n) is 15.8. The third kappa shape index (κ3) is 3.73. The minimum absolute atomic E-state index is 0.617. The number of fused-ring (bicyclic) bond motifs is 1. The lowest BCUT2D eigenvalue weighted by Crippen LogP contribution is -2.41. The fourth-order valence-corrected chi connectivity index (χ4v) is 5.22. The Morgan fingerprint density at radius 2 is 2.00 bits per heavy atom. The van der Waals surface area contributed by atoms with Crippen LogP contribution in [0.1, 0.15) is 64.7 Å². The first-order valence-corrected chi connectivity index (χ1v) is 10.6. The second kappa shape index (κ2) is 7.85. The first-order valence-electron chi connectivity index (χ1n) is 10.6. The van der Waals surface area contributed by atoms with E-state index in [9.17, 15) is 0 Å². The fraction of sp³-hybridized carbons (Fsp3) is 0.652. The van der Waals surface area contributed by atoms with Gasteiger partial charge in [0.2, 0.25) is 0 Å². The summed E-state index contributed by atoms with van der Waals surface area (Å²) in [5.41, 5.74) is 4.94. The molecule has 1 N–H and O–H groups in total. The molecule has 2 heteroatoms. The van der Waals surface area contributed by atoms with Crippen LogP contribution in [0.25, 0.3) is 0 Å². The molecule has 2 aliphatic carbocycles. The molecule has 136 valence electrons. The first-order chi connectivity index (χ1) is 12.3. The first kappa shape index (κ1) is 17.0. The van der Waals surface area contributed by atoms with Gasteiger partial charge in [0, 0.05) is 24.7 Å². The molecule has 0 amide bonds. The van der Waals surface area contributed by atoms with E-state index in [1.165, 1.54) is 64.3 Å². The van der Waals surface area contributed by atoms with Gasteiger partial charge in [-0.2, -0.15) is 0 Å². The second-order valence-electron chi connectivity index (χ2n) is 8.33. The molecule has 2 heterocycles. The largest absolute Gasteiger partial charge is 0.391 e. The minimum Gasteiger partial charge on any atom is -0.391 e. The van der Waals surface area contributed by atoms with Gasteiger partial charge in [0.15, 0.2) is 0 Å². The van der Waals surface area contributed by atoms with E-state index in [2.05, 4.69) is 47.6 Å². The van der Waals surface area contributed by atoms with Crippen LogP contribution in [0, 0.1) is 11.8 Å². The van der Waals surface area contributed by atoms with Crippen molar-refractivity contribution in [2.75, 3.05) is 13.1 Å². The molecule has 0 saturated carbocycles. The summed E-state index contributed by atoms with van der Waals surface area (Å²) in [7, 11) is 0. The summed E-state index contributed by atoms with van der Waals surface area (Å²) in [4.78, 5) is 2.82. The standard InChI is InChI=1S/C23H34N2/c1-18-7-4-5-16-25(23-11-3-2-10-22(18)23)21-9-6-8-20(17-21)19-12-14-24-15-13-19/h8,10,12,14,17-19,23-24H,2-7,9,11,13,15-16H2,1H3. The third-order valence-electron chi connectivity index (χ3n) is 6.63. The van der Waals surface area contributed by atoms with Crippen molar-refractivity contribution in [3.63, 3.8) is 0 Å². The topological polar surface area (TPSA) is 15.3 Å². The quantitative estimate of drug-likeness (QED) is 0.686. The summed E-state index contributed by atoms with van der Waals surface area (Å²) in [6.07, 6.45) is 24.0. The molecule has 2 nitrogen and oxygen atoms in total.